The van der Waals surface area contributed by atoms with Crippen molar-refractivity contribution < 1.29 is 4.79 Å². The molecule has 3 aromatic rings. The Kier molecular flexibility index (Phi) is 4.02. The number of carbonyl (C=O) groups is 1. The minimum Gasteiger partial charge on any atom is -0.399 e. The number of carbonyl (C=O) groups excluding carboxylic acids is 1. The molecule has 2 N–H and O–H groups in total. The number of nitrogens with zero attached hydrogens (tertiary/aromatic N) is 3. The largest absolute Gasteiger partial charge is 0.399 e. The number of nitrogen functional groups attached to an aromatic ring is 1. The minimum atomic E-state index is 0.144. The molecular formula is C21H18N4O. The van der Waals surface area contributed by atoms with Crippen molar-refractivity contribution in [1.82, 2.24) is 9.78 Å². The molecule has 26 heavy (non-hydrogen) atoms. The van der Waals surface area contributed by atoms with Crippen LogP contribution >= 0.6 is 0 Å². The number of nitrogens with two attached hydrogens (primary N) is 1. The van der Waals surface area contributed by atoms with Crippen molar-refractivity contribution in [3.63, 3.8) is 0 Å². The zero-order chi connectivity index (χ0) is 18.1. The number of hydrogen-bond acceptors (Lipinski definition) is 4. The van der Waals surface area contributed by atoms with E-state index in [1.54, 1.807) is 0 Å². The molecule has 1 aromatic heterocycles. The first-order chi connectivity index (χ1) is 12.7. The number of fused-ring (bicyclic) bond motifs is 1. The van der Waals surface area contributed by atoms with Gasteiger partial charge < -0.3 is 5.73 Å². The van der Waals surface area contributed by atoms with Gasteiger partial charge in [0.15, 0.2) is 5.78 Å². The molecule has 0 unspecified atom stereocenters. The summed E-state index contributed by atoms with van der Waals surface area (Å²) in [6, 6.07) is 17.4. The molecule has 0 radical (unpaired) electrons. The second-order valence-corrected chi connectivity index (χ2v) is 6.48. The fourth-order valence-corrected chi connectivity index (χ4v) is 3.42. The predicted molar refractivity (Wildman–Crippen MR) is 100.0 cm³/mol. The van der Waals surface area contributed by atoms with Crippen LogP contribution in [-0.2, 0) is 12.8 Å². The second kappa shape index (κ2) is 6.49. The highest BCUT2D eigenvalue weighted by molar-refractivity contribution is 6.03. The monoisotopic (exact) mass is 342 g/mol. The number of Topliss-reactive ketones (excluding diaryl/α,β-unsaturated/α-hetero) is 1. The van der Waals surface area contributed by atoms with E-state index in [9.17, 15) is 4.79 Å². The molecule has 128 valence electrons. The molecule has 0 spiro atoms. The highest BCUT2D eigenvalue weighted by Crippen LogP contribution is 2.33. The lowest BCUT2D eigenvalue weighted by Crippen LogP contribution is -2.13. The van der Waals surface area contributed by atoms with E-state index in [0.29, 0.717) is 24.2 Å². The Labute approximate surface area is 151 Å². The van der Waals surface area contributed by atoms with Crippen LogP contribution in [0.15, 0.2) is 48.5 Å². The molecular weight excluding hydrogens is 324 g/mol. The summed E-state index contributed by atoms with van der Waals surface area (Å²) in [7, 11) is 0. The second-order valence-electron chi connectivity index (χ2n) is 6.48. The first-order valence-corrected chi connectivity index (χ1v) is 8.64. The number of rotatable bonds is 3. The van der Waals surface area contributed by atoms with Gasteiger partial charge >= 0.3 is 0 Å². The Bertz CT molecular complexity index is 1010. The van der Waals surface area contributed by atoms with E-state index in [1.165, 1.54) is 0 Å². The van der Waals surface area contributed by atoms with Gasteiger partial charge in [-0.2, -0.15) is 10.4 Å². The summed E-state index contributed by atoms with van der Waals surface area (Å²) < 4.78 is 1.87. The quantitative estimate of drug-likeness (QED) is 0.735. The normalized spacial score (nSPS) is 13.3. The molecule has 0 amide bonds. The molecule has 1 aliphatic carbocycles. The summed E-state index contributed by atoms with van der Waals surface area (Å²) in [5.41, 5.74) is 11.6. The summed E-state index contributed by atoms with van der Waals surface area (Å²) >= 11 is 0. The van der Waals surface area contributed by atoms with E-state index in [4.69, 9.17) is 16.1 Å². The molecule has 0 saturated heterocycles. The zero-order valence-electron chi connectivity index (χ0n) is 14.3. The average Bonchev–Trinajstić information content (AvgIpc) is 3.04. The molecule has 1 heterocycles. The third kappa shape index (κ3) is 2.76. The van der Waals surface area contributed by atoms with Crippen LogP contribution in [-0.4, -0.2) is 15.6 Å². The molecule has 5 heteroatoms. The fraction of sp³-hybridized carbons (Fsp3) is 0.190. The van der Waals surface area contributed by atoms with Gasteiger partial charge in [-0.15, -0.1) is 0 Å². The van der Waals surface area contributed by atoms with Gasteiger partial charge in [0.05, 0.1) is 29.4 Å². The van der Waals surface area contributed by atoms with Crippen molar-refractivity contribution in [1.29, 1.82) is 5.26 Å². The zero-order valence-corrected chi connectivity index (χ0v) is 14.3. The summed E-state index contributed by atoms with van der Waals surface area (Å²) in [6.07, 6.45) is 2.60. The predicted octanol–water partition coefficient (Wildman–Crippen LogP) is 3.71. The number of aromatic nitrogens is 2. The highest BCUT2D eigenvalue weighted by atomic mass is 16.1. The molecule has 0 aliphatic heterocycles. The first kappa shape index (κ1) is 16.1. The Morgan fingerprint density at radius 1 is 1.08 bits per heavy atom. The fourth-order valence-electron chi connectivity index (χ4n) is 3.42. The maximum atomic E-state index is 12.6. The van der Waals surface area contributed by atoms with Crippen LogP contribution in [0.5, 0.6) is 0 Å². The van der Waals surface area contributed by atoms with Crippen LogP contribution in [0.25, 0.3) is 16.9 Å². The first-order valence-electron chi connectivity index (χ1n) is 8.64. The van der Waals surface area contributed by atoms with Gasteiger partial charge in [0.1, 0.15) is 5.69 Å². The van der Waals surface area contributed by atoms with Gasteiger partial charge in [-0.1, -0.05) is 24.3 Å². The van der Waals surface area contributed by atoms with Gasteiger partial charge in [0.25, 0.3) is 0 Å². The molecule has 0 bridgehead atoms. The van der Waals surface area contributed by atoms with Crippen molar-refractivity contribution in [2.45, 2.75) is 25.7 Å². The van der Waals surface area contributed by atoms with Crippen LogP contribution in [0.1, 0.15) is 34.5 Å². The van der Waals surface area contributed by atoms with Crippen LogP contribution in [0.3, 0.4) is 0 Å². The number of ketones is 1. The van der Waals surface area contributed by atoms with E-state index in [-0.39, 0.29) is 5.78 Å². The van der Waals surface area contributed by atoms with E-state index in [1.807, 2.05) is 53.2 Å². The molecule has 2 aromatic carbocycles. The van der Waals surface area contributed by atoms with Crippen molar-refractivity contribution in [2.75, 3.05) is 5.73 Å². The van der Waals surface area contributed by atoms with E-state index >= 15 is 0 Å². The standard InChI is InChI=1S/C21H18N4O/c22-13-12-14-4-10-17(11-5-14)25-18-2-1-3-19(26)20(18)21(24-25)15-6-8-16(23)9-7-15/h4-11H,1-3,12,23H2. The van der Waals surface area contributed by atoms with Crippen LogP contribution in [0.4, 0.5) is 5.69 Å². The van der Waals surface area contributed by atoms with E-state index < -0.39 is 0 Å². The van der Waals surface area contributed by atoms with Gasteiger partial charge in [0.2, 0.25) is 0 Å². The SMILES string of the molecule is N#CCc1ccc(-n2nc(-c3ccc(N)cc3)c3c2CCCC3=O)cc1. The van der Waals surface area contributed by atoms with Crippen molar-refractivity contribution >= 4 is 11.5 Å². The molecule has 0 saturated carbocycles. The summed E-state index contributed by atoms with van der Waals surface area (Å²) in [5, 5.41) is 13.6. The van der Waals surface area contributed by atoms with E-state index in [0.717, 1.165) is 40.9 Å². The van der Waals surface area contributed by atoms with Gasteiger partial charge in [-0.3, -0.25) is 4.79 Å². The average molecular weight is 342 g/mol. The highest BCUT2D eigenvalue weighted by Gasteiger charge is 2.28. The molecule has 4 rings (SSSR count). The van der Waals surface area contributed by atoms with Gasteiger partial charge in [-0.05, 0) is 42.7 Å². The topological polar surface area (TPSA) is 84.7 Å². The molecule has 0 atom stereocenters. The van der Waals surface area contributed by atoms with Crippen molar-refractivity contribution in [2.24, 2.45) is 0 Å². The number of nitriles is 1. The summed E-state index contributed by atoms with van der Waals surface area (Å²) in [4.78, 5) is 12.6. The number of hydrogen-bond donors (Lipinski definition) is 1. The van der Waals surface area contributed by atoms with Crippen LogP contribution in [0.2, 0.25) is 0 Å². The van der Waals surface area contributed by atoms with Crippen molar-refractivity contribution in [3.8, 4) is 23.0 Å². The maximum absolute atomic E-state index is 12.6. The Balaban J connectivity index is 1.85. The summed E-state index contributed by atoms with van der Waals surface area (Å²) in [5.74, 6) is 0.144. The lowest BCUT2D eigenvalue weighted by molar-refractivity contribution is 0.0973. The summed E-state index contributed by atoms with van der Waals surface area (Å²) in [6.45, 7) is 0. The van der Waals surface area contributed by atoms with Gasteiger partial charge in [-0.25, -0.2) is 4.68 Å². The van der Waals surface area contributed by atoms with Crippen LogP contribution < -0.4 is 5.73 Å². The number of anilines is 1. The van der Waals surface area contributed by atoms with Crippen molar-refractivity contribution in [3.05, 3.63) is 65.4 Å². The molecule has 0 fully saturated rings. The Hall–Kier alpha value is -3.39. The smallest absolute Gasteiger partial charge is 0.166 e. The lowest BCUT2D eigenvalue weighted by atomic mass is 9.92. The maximum Gasteiger partial charge on any atom is 0.166 e. The minimum absolute atomic E-state index is 0.144. The Morgan fingerprint density at radius 3 is 2.50 bits per heavy atom. The third-order valence-corrected chi connectivity index (χ3v) is 4.73. The van der Waals surface area contributed by atoms with Crippen LogP contribution in [0, 0.1) is 11.3 Å². The third-order valence-electron chi connectivity index (χ3n) is 4.73. The Morgan fingerprint density at radius 2 is 1.81 bits per heavy atom. The molecule has 5 nitrogen and oxygen atoms in total. The molecule has 1 aliphatic rings. The van der Waals surface area contributed by atoms with E-state index in [2.05, 4.69) is 6.07 Å². The van der Waals surface area contributed by atoms with Gasteiger partial charge in [0, 0.05) is 17.7 Å². The lowest BCUT2D eigenvalue weighted by Gasteiger charge is -2.13. The number of benzene rings is 2.